The van der Waals surface area contributed by atoms with Crippen molar-refractivity contribution < 1.29 is 66.5 Å². The summed E-state index contributed by atoms with van der Waals surface area (Å²) in [6.45, 7) is 19.9. The summed E-state index contributed by atoms with van der Waals surface area (Å²) in [6, 6.07) is 0. The maximum absolute atomic E-state index is 11.7. The Hall–Kier alpha value is -2.36. The minimum atomic E-state index is -0.473. The van der Waals surface area contributed by atoms with Crippen LogP contribution in [0, 0.1) is 16.2 Å². The van der Waals surface area contributed by atoms with Crippen molar-refractivity contribution in [2.24, 2.45) is 16.2 Å². The zero-order valence-corrected chi connectivity index (χ0v) is 32.5. The highest BCUT2D eigenvalue weighted by Crippen LogP contribution is 2.38. The molecule has 0 saturated carbocycles. The van der Waals surface area contributed by atoms with Crippen molar-refractivity contribution >= 4 is 23.9 Å². The third-order valence-corrected chi connectivity index (χ3v) is 7.82. The Morgan fingerprint density at radius 3 is 1.06 bits per heavy atom. The molecule has 2 aliphatic heterocycles. The maximum atomic E-state index is 11.7. The number of hydrogen-bond donors (Lipinski definition) is 0. The average molecular weight is 735 g/mol. The molecule has 0 atom stereocenters. The van der Waals surface area contributed by atoms with Crippen molar-refractivity contribution in [3.63, 3.8) is 0 Å². The van der Waals surface area contributed by atoms with Crippen LogP contribution in [0.4, 0.5) is 0 Å². The first-order valence-corrected chi connectivity index (χ1v) is 18.5. The van der Waals surface area contributed by atoms with Crippen LogP contribution in [0.2, 0.25) is 0 Å². The van der Waals surface area contributed by atoms with Crippen LogP contribution in [0.15, 0.2) is 0 Å². The van der Waals surface area contributed by atoms with Crippen LogP contribution < -0.4 is 0 Å². The van der Waals surface area contributed by atoms with E-state index in [1.807, 2.05) is 55.4 Å². The summed E-state index contributed by atoms with van der Waals surface area (Å²) in [6.07, 6.45) is 3.87. The number of carbonyl (C=O) groups excluding carboxylic acids is 4. The van der Waals surface area contributed by atoms with Crippen LogP contribution in [-0.2, 0) is 66.5 Å². The molecule has 0 aliphatic carbocycles. The van der Waals surface area contributed by atoms with Gasteiger partial charge in [0.1, 0.15) is 26.4 Å². The quantitative estimate of drug-likeness (QED) is 0.0769. The first kappa shape index (κ1) is 46.7. The molecule has 298 valence electrons. The summed E-state index contributed by atoms with van der Waals surface area (Å²) in [5.41, 5.74) is -1.31. The summed E-state index contributed by atoms with van der Waals surface area (Å²) in [5, 5.41) is 0. The van der Waals surface area contributed by atoms with Crippen molar-refractivity contribution in [3.05, 3.63) is 0 Å². The minimum absolute atomic E-state index is 0.193. The van der Waals surface area contributed by atoms with Gasteiger partial charge in [0.15, 0.2) is 12.6 Å². The fourth-order valence-corrected chi connectivity index (χ4v) is 4.78. The summed E-state index contributed by atoms with van der Waals surface area (Å²) in [5.74, 6) is -0.792. The maximum Gasteiger partial charge on any atom is 0.305 e. The molecule has 1 spiro atoms. The summed E-state index contributed by atoms with van der Waals surface area (Å²) in [7, 11) is 0. The molecule has 0 radical (unpaired) electrons. The first-order valence-electron chi connectivity index (χ1n) is 18.5. The van der Waals surface area contributed by atoms with Gasteiger partial charge in [0.05, 0.1) is 58.3 Å². The van der Waals surface area contributed by atoms with Gasteiger partial charge in [-0.3, -0.25) is 19.2 Å². The lowest BCUT2D eigenvalue weighted by Gasteiger charge is -2.48. The van der Waals surface area contributed by atoms with Crippen molar-refractivity contribution in [3.8, 4) is 0 Å². The molecule has 2 fully saturated rings. The second kappa shape index (κ2) is 25.6. The molecule has 2 rings (SSSR count). The molecule has 0 aromatic carbocycles. The first-order chi connectivity index (χ1) is 24.2. The number of carbonyl (C=O) groups is 4. The van der Waals surface area contributed by atoms with Gasteiger partial charge in [-0.25, -0.2) is 0 Å². The summed E-state index contributed by atoms with van der Waals surface area (Å²) >= 11 is 0. The molecule has 0 N–H and O–H groups in total. The van der Waals surface area contributed by atoms with E-state index < -0.39 is 23.4 Å². The van der Waals surface area contributed by atoms with Gasteiger partial charge in [-0.1, -0.05) is 55.4 Å². The molecule has 2 aliphatic rings. The highest BCUT2D eigenvalue weighted by atomic mass is 16.7. The molecule has 0 aromatic heterocycles. The second-order valence-electron chi connectivity index (χ2n) is 14.4. The van der Waals surface area contributed by atoms with E-state index in [0.29, 0.717) is 78.5 Å². The van der Waals surface area contributed by atoms with Gasteiger partial charge in [-0.2, -0.15) is 0 Å². The fourth-order valence-electron chi connectivity index (χ4n) is 4.78. The Morgan fingerprint density at radius 1 is 0.490 bits per heavy atom. The van der Waals surface area contributed by atoms with Crippen LogP contribution in [0.3, 0.4) is 0 Å². The lowest BCUT2D eigenvalue weighted by molar-refractivity contribution is -0.337. The van der Waals surface area contributed by atoms with Gasteiger partial charge in [0.2, 0.25) is 0 Å². The van der Waals surface area contributed by atoms with Crippen LogP contribution in [-0.4, -0.2) is 116 Å². The van der Waals surface area contributed by atoms with Crippen molar-refractivity contribution in [2.45, 2.75) is 119 Å². The zero-order valence-electron chi connectivity index (χ0n) is 32.5. The molecule has 14 heteroatoms. The van der Waals surface area contributed by atoms with E-state index in [-0.39, 0.29) is 55.7 Å². The molecule has 0 unspecified atom stereocenters. The Bertz CT molecular complexity index is 900. The lowest BCUT2D eigenvalue weighted by Crippen LogP contribution is -2.57. The van der Waals surface area contributed by atoms with Gasteiger partial charge in [0.25, 0.3) is 0 Å². The highest BCUT2D eigenvalue weighted by Gasteiger charge is 2.48. The van der Waals surface area contributed by atoms with Gasteiger partial charge in [0, 0.05) is 36.5 Å². The van der Waals surface area contributed by atoms with E-state index in [0.717, 1.165) is 25.7 Å². The average Bonchev–Trinajstić information content (AvgIpc) is 3.09. The minimum Gasteiger partial charge on any atom is -0.465 e. The van der Waals surface area contributed by atoms with Crippen molar-refractivity contribution in [1.29, 1.82) is 0 Å². The Kier molecular flexibility index (Phi) is 23.4. The molecular weight excluding hydrogens is 668 g/mol. The van der Waals surface area contributed by atoms with E-state index >= 15 is 0 Å². The van der Waals surface area contributed by atoms with Crippen LogP contribution in [0.1, 0.15) is 107 Å². The lowest BCUT2D eigenvalue weighted by atomic mass is 9.86. The molecule has 0 bridgehead atoms. The number of esters is 4. The molecule has 0 amide bonds. The summed E-state index contributed by atoms with van der Waals surface area (Å²) in [4.78, 5) is 45.4. The number of hydrogen-bond acceptors (Lipinski definition) is 14. The Morgan fingerprint density at radius 2 is 0.765 bits per heavy atom. The van der Waals surface area contributed by atoms with Gasteiger partial charge in [-0.05, 0) is 25.7 Å². The predicted molar refractivity (Wildman–Crippen MR) is 186 cm³/mol. The monoisotopic (exact) mass is 734 g/mol. The van der Waals surface area contributed by atoms with Crippen LogP contribution in [0.5, 0.6) is 0 Å². The largest absolute Gasteiger partial charge is 0.465 e. The second-order valence-corrected chi connectivity index (χ2v) is 14.4. The highest BCUT2D eigenvalue weighted by molar-refractivity contribution is 5.70. The Labute approximate surface area is 305 Å². The predicted octanol–water partition coefficient (Wildman–Crippen LogP) is 5.16. The van der Waals surface area contributed by atoms with E-state index in [4.69, 9.17) is 47.4 Å². The van der Waals surface area contributed by atoms with Crippen molar-refractivity contribution in [2.75, 3.05) is 79.3 Å². The third-order valence-electron chi connectivity index (χ3n) is 7.82. The van der Waals surface area contributed by atoms with E-state index in [9.17, 15) is 19.2 Å². The van der Waals surface area contributed by atoms with Gasteiger partial charge >= 0.3 is 23.9 Å². The number of rotatable bonds is 23. The molecule has 51 heavy (non-hydrogen) atoms. The SMILES string of the molecule is CCCC(=O)OCC(C)(C)C1OCC2(CO1)COC(C(C)(C)COC(=O)CCC)OC2.CCCC(=O)OCCOCCOCCOC(=O)CCC. The van der Waals surface area contributed by atoms with E-state index in [1.165, 1.54) is 0 Å². The molecule has 2 heterocycles. The van der Waals surface area contributed by atoms with Crippen LogP contribution in [0.25, 0.3) is 0 Å². The standard InChI is InChI=1S/C23H40O8.C14H26O6/c1-7-9-17(24)26-11-21(3,4)19-28-13-23(14-29-19)15-30-20(31-16-23)22(5,6)12-27-18(25)10-8-2;1-3-5-13(15)19-11-9-17-7-8-18-10-12-20-14(16)6-4-2/h19-20H,7-16H2,1-6H3;3-12H2,1-2H3. The topological polar surface area (TPSA) is 161 Å². The fraction of sp³-hybridized carbons (Fsp3) is 0.892. The van der Waals surface area contributed by atoms with E-state index in [2.05, 4.69) is 0 Å². The molecule has 14 nitrogen and oxygen atoms in total. The summed E-state index contributed by atoms with van der Waals surface area (Å²) < 4.78 is 55.0. The Balaban J connectivity index is 0.000000564. The van der Waals surface area contributed by atoms with Gasteiger partial charge < -0.3 is 47.4 Å². The van der Waals surface area contributed by atoms with Crippen molar-refractivity contribution in [1.82, 2.24) is 0 Å². The zero-order chi connectivity index (χ0) is 38.2. The van der Waals surface area contributed by atoms with Gasteiger partial charge in [-0.15, -0.1) is 0 Å². The van der Waals surface area contributed by atoms with Crippen LogP contribution >= 0.6 is 0 Å². The number of ether oxygens (including phenoxy) is 10. The smallest absolute Gasteiger partial charge is 0.305 e. The molecular formula is C37H66O14. The third kappa shape index (κ3) is 19.9. The molecule has 2 saturated heterocycles. The molecule has 0 aromatic rings. The normalized spacial score (nSPS) is 20.5. The van der Waals surface area contributed by atoms with E-state index in [1.54, 1.807) is 0 Å².